The summed E-state index contributed by atoms with van der Waals surface area (Å²) >= 11 is 0. The van der Waals surface area contributed by atoms with Gasteiger partial charge in [0.2, 0.25) is 5.91 Å². The minimum Gasteiger partial charge on any atom is -0.371 e. The van der Waals surface area contributed by atoms with E-state index in [9.17, 15) is 9.59 Å². The van der Waals surface area contributed by atoms with Gasteiger partial charge in [0.1, 0.15) is 0 Å². The molecule has 0 bridgehead atoms. The van der Waals surface area contributed by atoms with Crippen LogP contribution in [0.4, 0.5) is 11.4 Å². The summed E-state index contributed by atoms with van der Waals surface area (Å²) in [4.78, 5) is 31.5. The monoisotopic (exact) mass is 392 g/mol. The summed E-state index contributed by atoms with van der Waals surface area (Å²) in [5.41, 5.74) is 3.29. The summed E-state index contributed by atoms with van der Waals surface area (Å²) in [6.07, 6.45) is 10.1. The predicted octanol–water partition coefficient (Wildman–Crippen LogP) is 3.74. The molecule has 1 aromatic heterocycles. The second kappa shape index (κ2) is 9.07. The van der Waals surface area contributed by atoms with Crippen LogP contribution in [0.5, 0.6) is 0 Å². The van der Waals surface area contributed by atoms with E-state index in [0.29, 0.717) is 12.1 Å². The summed E-state index contributed by atoms with van der Waals surface area (Å²) in [5, 5.41) is 6.02. The molecule has 1 saturated heterocycles. The first-order chi connectivity index (χ1) is 14.2. The number of carbonyl (C=O) groups excluding carboxylic acids is 2. The lowest BCUT2D eigenvalue weighted by Crippen LogP contribution is -2.29. The number of hydrogen-bond acceptors (Lipinski definition) is 4. The van der Waals surface area contributed by atoms with E-state index >= 15 is 0 Å². The summed E-state index contributed by atoms with van der Waals surface area (Å²) in [6.45, 7) is 2.30. The predicted molar refractivity (Wildman–Crippen MR) is 114 cm³/mol. The van der Waals surface area contributed by atoms with Gasteiger partial charge in [0.25, 0.3) is 5.91 Å². The number of nitrogens with one attached hydrogen (secondary N) is 2. The summed E-state index contributed by atoms with van der Waals surface area (Å²) in [6, 6.07) is 9.44. The molecule has 0 spiro atoms. The topological polar surface area (TPSA) is 74.3 Å². The van der Waals surface area contributed by atoms with Gasteiger partial charge in [0.05, 0.1) is 11.3 Å². The molecule has 1 saturated carbocycles. The fourth-order valence-electron chi connectivity index (χ4n) is 3.74. The van der Waals surface area contributed by atoms with Crippen LogP contribution < -0.4 is 15.5 Å². The number of nitrogens with zero attached hydrogens (tertiary/aromatic N) is 2. The van der Waals surface area contributed by atoms with Crippen LogP contribution in [0.15, 0.2) is 42.7 Å². The molecule has 2 heterocycles. The highest BCUT2D eigenvalue weighted by atomic mass is 16.2. The molecule has 0 unspecified atom stereocenters. The Morgan fingerprint density at radius 3 is 2.55 bits per heavy atom. The average Bonchev–Trinajstić information content (AvgIpc) is 3.60. The highest BCUT2D eigenvalue weighted by Crippen LogP contribution is 2.32. The van der Waals surface area contributed by atoms with Gasteiger partial charge in [-0.15, -0.1) is 0 Å². The van der Waals surface area contributed by atoms with Crippen LogP contribution in [0.2, 0.25) is 0 Å². The van der Waals surface area contributed by atoms with E-state index < -0.39 is 0 Å². The SMILES string of the molecule is O=C(NCc1cccnc1)c1ccc(NC(=O)C2CC2)cc1N1CCCCCC1. The van der Waals surface area contributed by atoms with Crippen molar-refractivity contribution in [2.24, 2.45) is 5.92 Å². The molecule has 152 valence electrons. The standard InChI is InChI=1S/C23H28N4O2/c28-22(18-7-8-18)26-19-9-10-20(21(14-19)27-12-3-1-2-4-13-27)23(29)25-16-17-6-5-11-24-15-17/h5-6,9-11,14-15,18H,1-4,7-8,12-13,16H2,(H,25,29)(H,26,28). The molecule has 4 rings (SSSR count). The first-order valence-corrected chi connectivity index (χ1v) is 10.6. The van der Waals surface area contributed by atoms with Crippen molar-refractivity contribution in [3.8, 4) is 0 Å². The van der Waals surface area contributed by atoms with Crippen molar-refractivity contribution >= 4 is 23.2 Å². The fourth-order valence-corrected chi connectivity index (χ4v) is 3.74. The normalized spacial score (nSPS) is 16.8. The Hall–Kier alpha value is -2.89. The molecule has 1 aromatic carbocycles. The zero-order valence-electron chi connectivity index (χ0n) is 16.7. The van der Waals surface area contributed by atoms with Crippen molar-refractivity contribution in [2.75, 3.05) is 23.3 Å². The number of pyridine rings is 1. The second-order valence-electron chi connectivity index (χ2n) is 7.94. The summed E-state index contributed by atoms with van der Waals surface area (Å²) in [5.74, 6) is 0.132. The number of anilines is 2. The van der Waals surface area contributed by atoms with Gasteiger partial charge in [0.15, 0.2) is 0 Å². The van der Waals surface area contributed by atoms with E-state index in [1.54, 1.807) is 12.4 Å². The molecule has 6 heteroatoms. The Balaban J connectivity index is 1.54. The third-order valence-corrected chi connectivity index (χ3v) is 5.58. The lowest BCUT2D eigenvalue weighted by atomic mass is 10.1. The van der Waals surface area contributed by atoms with E-state index in [4.69, 9.17) is 0 Å². The number of amides is 2. The maximum Gasteiger partial charge on any atom is 0.253 e. The van der Waals surface area contributed by atoms with Crippen LogP contribution in [-0.2, 0) is 11.3 Å². The highest BCUT2D eigenvalue weighted by molar-refractivity contribution is 6.02. The lowest BCUT2D eigenvalue weighted by Gasteiger charge is -2.26. The van der Waals surface area contributed by atoms with Gasteiger partial charge >= 0.3 is 0 Å². The van der Waals surface area contributed by atoms with Crippen molar-refractivity contribution in [1.29, 1.82) is 0 Å². The number of hydrogen-bond donors (Lipinski definition) is 2. The number of carbonyl (C=O) groups is 2. The maximum absolute atomic E-state index is 13.0. The number of rotatable bonds is 6. The third kappa shape index (κ3) is 5.13. The molecular formula is C23H28N4O2. The van der Waals surface area contributed by atoms with E-state index in [1.165, 1.54) is 12.8 Å². The zero-order chi connectivity index (χ0) is 20.1. The molecule has 2 fully saturated rings. The molecule has 29 heavy (non-hydrogen) atoms. The van der Waals surface area contributed by atoms with Gasteiger partial charge < -0.3 is 15.5 Å². The van der Waals surface area contributed by atoms with Crippen LogP contribution in [0.1, 0.15) is 54.4 Å². The van der Waals surface area contributed by atoms with E-state index in [-0.39, 0.29) is 17.7 Å². The van der Waals surface area contributed by atoms with Crippen molar-refractivity contribution < 1.29 is 9.59 Å². The third-order valence-electron chi connectivity index (χ3n) is 5.58. The van der Waals surface area contributed by atoms with E-state index in [2.05, 4.69) is 20.5 Å². The van der Waals surface area contributed by atoms with Crippen LogP contribution in [-0.4, -0.2) is 29.9 Å². The highest BCUT2D eigenvalue weighted by Gasteiger charge is 2.30. The molecule has 1 aliphatic carbocycles. The van der Waals surface area contributed by atoms with Gasteiger partial charge in [-0.25, -0.2) is 0 Å². The van der Waals surface area contributed by atoms with E-state index in [0.717, 1.165) is 55.7 Å². The Bertz CT molecular complexity index is 856. The first-order valence-electron chi connectivity index (χ1n) is 10.6. The molecule has 2 aliphatic rings. The van der Waals surface area contributed by atoms with Crippen LogP contribution >= 0.6 is 0 Å². The largest absolute Gasteiger partial charge is 0.371 e. The number of benzene rings is 1. The van der Waals surface area contributed by atoms with Crippen LogP contribution in [0.25, 0.3) is 0 Å². The van der Waals surface area contributed by atoms with Gasteiger partial charge in [-0.05, 0) is 55.5 Å². The Labute approximate surface area is 171 Å². The fraction of sp³-hybridized carbons (Fsp3) is 0.435. The minimum atomic E-state index is -0.104. The maximum atomic E-state index is 13.0. The molecule has 6 nitrogen and oxygen atoms in total. The quantitative estimate of drug-likeness (QED) is 0.785. The van der Waals surface area contributed by atoms with Gasteiger partial charge in [-0.3, -0.25) is 14.6 Å². The van der Waals surface area contributed by atoms with Crippen molar-refractivity contribution in [3.05, 3.63) is 53.9 Å². The molecule has 1 aliphatic heterocycles. The van der Waals surface area contributed by atoms with Crippen molar-refractivity contribution in [1.82, 2.24) is 10.3 Å². The zero-order valence-corrected chi connectivity index (χ0v) is 16.7. The Kier molecular flexibility index (Phi) is 6.08. The van der Waals surface area contributed by atoms with Gasteiger partial charge in [-0.1, -0.05) is 18.9 Å². The molecule has 0 atom stereocenters. The minimum absolute atomic E-state index is 0.0839. The van der Waals surface area contributed by atoms with Crippen LogP contribution in [0.3, 0.4) is 0 Å². The second-order valence-corrected chi connectivity index (χ2v) is 7.94. The van der Waals surface area contributed by atoms with Crippen molar-refractivity contribution in [2.45, 2.75) is 45.1 Å². The lowest BCUT2D eigenvalue weighted by molar-refractivity contribution is -0.117. The smallest absolute Gasteiger partial charge is 0.253 e. The molecule has 2 N–H and O–H groups in total. The molecule has 2 amide bonds. The van der Waals surface area contributed by atoms with E-state index in [1.807, 2.05) is 30.3 Å². The Morgan fingerprint density at radius 2 is 1.86 bits per heavy atom. The first kappa shape index (κ1) is 19.4. The molecular weight excluding hydrogens is 364 g/mol. The van der Waals surface area contributed by atoms with Crippen LogP contribution in [0, 0.1) is 5.92 Å². The van der Waals surface area contributed by atoms with Gasteiger partial charge in [0, 0.05) is 43.6 Å². The summed E-state index contributed by atoms with van der Waals surface area (Å²) < 4.78 is 0. The molecule has 0 radical (unpaired) electrons. The van der Waals surface area contributed by atoms with Crippen molar-refractivity contribution in [3.63, 3.8) is 0 Å². The summed E-state index contributed by atoms with van der Waals surface area (Å²) in [7, 11) is 0. The average molecular weight is 393 g/mol. The number of aromatic nitrogens is 1. The Morgan fingerprint density at radius 1 is 1.07 bits per heavy atom. The molecule has 2 aromatic rings. The van der Waals surface area contributed by atoms with Gasteiger partial charge in [-0.2, -0.15) is 0 Å².